The lowest BCUT2D eigenvalue weighted by molar-refractivity contribution is 0.168. The van der Waals surface area contributed by atoms with Gasteiger partial charge in [0.05, 0.1) is 19.5 Å². The van der Waals surface area contributed by atoms with Crippen LogP contribution >= 0.6 is 0 Å². The van der Waals surface area contributed by atoms with E-state index in [1.807, 2.05) is 36.4 Å². The van der Waals surface area contributed by atoms with Crippen LogP contribution in [-0.4, -0.2) is 18.3 Å². The molecule has 90 valence electrons. The van der Waals surface area contributed by atoms with Crippen molar-refractivity contribution in [1.29, 1.82) is 0 Å². The number of hydrogen-bond donors (Lipinski definition) is 1. The van der Waals surface area contributed by atoms with E-state index < -0.39 is 6.10 Å². The van der Waals surface area contributed by atoms with Crippen molar-refractivity contribution in [2.75, 3.05) is 7.11 Å². The van der Waals surface area contributed by atoms with Crippen LogP contribution in [0.15, 0.2) is 47.1 Å². The second-order valence-corrected chi connectivity index (χ2v) is 3.99. The Morgan fingerprint density at radius 2 is 1.94 bits per heavy atom. The number of hydrogen-bond acceptors (Lipinski definition) is 3. The van der Waals surface area contributed by atoms with Gasteiger partial charge in [-0.2, -0.15) is 0 Å². The molecule has 0 saturated carbocycles. The van der Waals surface area contributed by atoms with Crippen LogP contribution in [0.3, 0.4) is 0 Å². The number of benzene rings is 1. The molecule has 3 heteroatoms. The largest absolute Gasteiger partial charge is 0.497 e. The van der Waals surface area contributed by atoms with Crippen molar-refractivity contribution in [3.63, 3.8) is 0 Å². The molecule has 1 aromatic heterocycles. The summed E-state index contributed by atoms with van der Waals surface area (Å²) in [5.74, 6) is 1.64. The molecule has 0 aliphatic rings. The number of aliphatic hydroxyl groups excluding tert-OH is 1. The van der Waals surface area contributed by atoms with Crippen molar-refractivity contribution in [2.45, 2.75) is 18.9 Å². The Bertz CT molecular complexity index is 431. The van der Waals surface area contributed by atoms with Crippen LogP contribution in [0.4, 0.5) is 0 Å². The van der Waals surface area contributed by atoms with Gasteiger partial charge < -0.3 is 14.3 Å². The summed E-state index contributed by atoms with van der Waals surface area (Å²) in [4.78, 5) is 0. The fourth-order valence-corrected chi connectivity index (χ4v) is 1.77. The van der Waals surface area contributed by atoms with Crippen LogP contribution in [0.25, 0.3) is 0 Å². The molecule has 0 aliphatic heterocycles. The molecule has 1 unspecified atom stereocenters. The lowest BCUT2D eigenvalue weighted by atomic mass is 10.0. The summed E-state index contributed by atoms with van der Waals surface area (Å²) in [5.41, 5.74) is 1.09. The van der Waals surface area contributed by atoms with E-state index in [2.05, 4.69) is 0 Å². The van der Waals surface area contributed by atoms with E-state index in [0.29, 0.717) is 12.8 Å². The summed E-state index contributed by atoms with van der Waals surface area (Å²) in [6.07, 6.45) is 2.36. The lowest BCUT2D eigenvalue weighted by Crippen LogP contribution is -2.13. The zero-order valence-corrected chi connectivity index (χ0v) is 9.80. The van der Waals surface area contributed by atoms with E-state index in [1.54, 1.807) is 13.4 Å². The van der Waals surface area contributed by atoms with Crippen LogP contribution in [0.1, 0.15) is 11.3 Å². The number of furan rings is 1. The maximum Gasteiger partial charge on any atom is 0.118 e. The quantitative estimate of drug-likeness (QED) is 0.861. The highest BCUT2D eigenvalue weighted by molar-refractivity contribution is 5.27. The average molecular weight is 232 g/mol. The minimum atomic E-state index is -0.422. The van der Waals surface area contributed by atoms with Crippen LogP contribution in [0.5, 0.6) is 5.75 Å². The highest BCUT2D eigenvalue weighted by Crippen LogP contribution is 2.14. The van der Waals surface area contributed by atoms with Gasteiger partial charge in [0.25, 0.3) is 0 Å². The molecule has 0 fully saturated rings. The van der Waals surface area contributed by atoms with Gasteiger partial charge in [0, 0.05) is 6.42 Å². The van der Waals surface area contributed by atoms with Gasteiger partial charge in [-0.3, -0.25) is 0 Å². The van der Waals surface area contributed by atoms with Gasteiger partial charge in [0.1, 0.15) is 11.5 Å². The molecule has 0 spiro atoms. The summed E-state index contributed by atoms with van der Waals surface area (Å²) in [7, 11) is 1.64. The van der Waals surface area contributed by atoms with E-state index >= 15 is 0 Å². The molecular formula is C14H16O3. The van der Waals surface area contributed by atoms with Gasteiger partial charge in [0.15, 0.2) is 0 Å². The molecule has 2 rings (SSSR count). The first-order valence-electron chi connectivity index (χ1n) is 5.61. The molecular weight excluding hydrogens is 216 g/mol. The van der Waals surface area contributed by atoms with Crippen molar-refractivity contribution in [3.05, 3.63) is 54.0 Å². The minimum Gasteiger partial charge on any atom is -0.497 e. The normalized spacial score (nSPS) is 12.4. The third kappa shape index (κ3) is 3.36. The Morgan fingerprint density at radius 3 is 2.53 bits per heavy atom. The molecule has 1 heterocycles. The Labute approximate surface area is 101 Å². The monoisotopic (exact) mass is 232 g/mol. The van der Waals surface area contributed by atoms with E-state index in [-0.39, 0.29) is 0 Å². The molecule has 0 bridgehead atoms. The first kappa shape index (κ1) is 11.7. The predicted octanol–water partition coefficient (Wildman–Crippen LogP) is 2.43. The van der Waals surface area contributed by atoms with E-state index in [0.717, 1.165) is 17.1 Å². The number of rotatable bonds is 5. The van der Waals surface area contributed by atoms with Crippen molar-refractivity contribution in [1.82, 2.24) is 0 Å². The second kappa shape index (κ2) is 5.55. The van der Waals surface area contributed by atoms with Gasteiger partial charge in [-0.15, -0.1) is 0 Å². The van der Waals surface area contributed by atoms with Gasteiger partial charge in [0.2, 0.25) is 0 Å². The maximum atomic E-state index is 9.91. The lowest BCUT2D eigenvalue weighted by Gasteiger charge is -2.09. The molecule has 0 aliphatic carbocycles. The topological polar surface area (TPSA) is 42.6 Å². The third-order valence-electron chi connectivity index (χ3n) is 2.65. The van der Waals surface area contributed by atoms with Gasteiger partial charge in [-0.25, -0.2) is 0 Å². The standard InChI is InChI=1S/C14H16O3/c1-16-13-6-4-11(5-7-13)9-12(15)10-14-3-2-8-17-14/h2-8,12,15H,9-10H2,1H3. The zero-order valence-electron chi connectivity index (χ0n) is 9.80. The molecule has 17 heavy (non-hydrogen) atoms. The number of aliphatic hydroxyl groups is 1. The highest BCUT2D eigenvalue weighted by atomic mass is 16.5. The fraction of sp³-hybridized carbons (Fsp3) is 0.286. The molecule has 0 amide bonds. The van der Waals surface area contributed by atoms with E-state index in [1.165, 1.54) is 0 Å². The fourth-order valence-electron chi connectivity index (χ4n) is 1.77. The van der Waals surface area contributed by atoms with Crippen molar-refractivity contribution < 1.29 is 14.3 Å². The Balaban J connectivity index is 1.91. The number of methoxy groups -OCH3 is 1. The van der Waals surface area contributed by atoms with Crippen LogP contribution in [0.2, 0.25) is 0 Å². The second-order valence-electron chi connectivity index (χ2n) is 3.99. The first-order chi connectivity index (χ1) is 8.28. The Hall–Kier alpha value is -1.74. The zero-order chi connectivity index (χ0) is 12.1. The summed E-state index contributed by atoms with van der Waals surface area (Å²) < 4.78 is 10.3. The van der Waals surface area contributed by atoms with Crippen LogP contribution in [-0.2, 0) is 12.8 Å². The summed E-state index contributed by atoms with van der Waals surface area (Å²) >= 11 is 0. The molecule has 2 aromatic rings. The summed E-state index contributed by atoms with van der Waals surface area (Å²) in [6.45, 7) is 0. The van der Waals surface area contributed by atoms with E-state index in [9.17, 15) is 5.11 Å². The van der Waals surface area contributed by atoms with Crippen molar-refractivity contribution in [2.24, 2.45) is 0 Å². The van der Waals surface area contributed by atoms with Crippen molar-refractivity contribution in [3.8, 4) is 5.75 Å². The summed E-state index contributed by atoms with van der Waals surface area (Å²) in [6, 6.07) is 11.4. The first-order valence-corrected chi connectivity index (χ1v) is 5.61. The third-order valence-corrected chi connectivity index (χ3v) is 2.65. The molecule has 1 N–H and O–H groups in total. The molecule has 0 radical (unpaired) electrons. The predicted molar refractivity (Wildman–Crippen MR) is 65.1 cm³/mol. The minimum absolute atomic E-state index is 0.422. The summed E-state index contributed by atoms with van der Waals surface area (Å²) in [5, 5.41) is 9.91. The number of ether oxygens (including phenoxy) is 1. The maximum absolute atomic E-state index is 9.91. The van der Waals surface area contributed by atoms with Crippen LogP contribution in [0, 0.1) is 0 Å². The van der Waals surface area contributed by atoms with Gasteiger partial charge >= 0.3 is 0 Å². The average Bonchev–Trinajstić information content (AvgIpc) is 2.82. The Morgan fingerprint density at radius 1 is 1.18 bits per heavy atom. The van der Waals surface area contributed by atoms with Crippen LogP contribution < -0.4 is 4.74 Å². The molecule has 1 atom stereocenters. The van der Waals surface area contributed by atoms with E-state index in [4.69, 9.17) is 9.15 Å². The molecule has 0 saturated heterocycles. The smallest absolute Gasteiger partial charge is 0.118 e. The Kier molecular flexibility index (Phi) is 3.83. The highest BCUT2D eigenvalue weighted by Gasteiger charge is 2.08. The van der Waals surface area contributed by atoms with Gasteiger partial charge in [-0.1, -0.05) is 12.1 Å². The molecule has 3 nitrogen and oxygen atoms in total. The van der Waals surface area contributed by atoms with Crippen molar-refractivity contribution >= 4 is 0 Å². The van der Waals surface area contributed by atoms with Gasteiger partial charge in [-0.05, 0) is 36.2 Å². The SMILES string of the molecule is COc1ccc(CC(O)Cc2ccco2)cc1. The molecule has 1 aromatic carbocycles.